The molecule has 0 N–H and O–H groups in total. The zero-order chi connectivity index (χ0) is 18.2. The molecule has 1 saturated heterocycles. The molecule has 144 valence electrons. The second kappa shape index (κ2) is 9.93. The molecule has 1 heterocycles. The standard InChI is InChI=1S/C21H33N3O2/c1-22(19-8-4-2-5-9-19)21(25)18-24-14-12-23(13-15-24)16-17-26-20-10-6-3-7-11-20/h3,6-7,10-11,19H,2,4-5,8-9,12-18H2,1H3. The largest absolute Gasteiger partial charge is 0.492 e. The predicted molar refractivity (Wildman–Crippen MR) is 104 cm³/mol. The minimum absolute atomic E-state index is 0.290. The number of carbonyl (C=O) groups excluding carboxylic acids is 1. The molecule has 1 aliphatic heterocycles. The van der Waals surface area contributed by atoms with Crippen LogP contribution in [0.5, 0.6) is 5.75 Å². The van der Waals surface area contributed by atoms with Crippen LogP contribution in [0.4, 0.5) is 0 Å². The van der Waals surface area contributed by atoms with Crippen LogP contribution in [0.15, 0.2) is 30.3 Å². The number of hydrogen-bond donors (Lipinski definition) is 0. The van der Waals surface area contributed by atoms with Crippen LogP contribution in [0.2, 0.25) is 0 Å². The summed E-state index contributed by atoms with van der Waals surface area (Å²) < 4.78 is 5.78. The summed E-state index contributed by atoms with van der Waals surface area (Å²) in [5.74, 6) is 1.22. The van der Waals surface area contributed by atoms with Crippen LogP contribution < -0.4 is 4.74 Å². The van der Waals surface area contributed by atoms with Crippen molar-refractivity contribution in [2.45, 2.75) is 38.1 Å². The van der Waals surface area contributed by atoms with Gasteiger partial charge in [-0.2, -0.15) is 0 Å². The molecular weight excluding hydrogens is 326 g/mol. The van der Waals surface area contributed by atoms with E-state index in [1.54, 1.807) is 0 Å². The first-order valence-corrected chi connectivity index (χ1v) is 10.1. The number of carbonyl (C=O) groups is 1. The maximum absolute atomic E-state index is 12.6. The normalized spacial score (nSPS) is 20.0. The molecule has 0 spiro atoms. The van der Waals surface area contributed by atoms with E-state index in [1.807, 2.05) is 42.3 Å². The van der Waals surface area contributed by atoms with Gasteiger partial charge in [0.25, 0.3) is 0 Å². The summed E-state index contributed by atoms with van der Waals surface area (Å²) in [6, 6.07) is 10.4. The molecule has 5 heteroatoms. The van der Waals surface area contributed by atoms with Gasteiger partial charge >= 0.3 is 0 Å². The molecule has 0 bridgehead atoms. The maximum atomic E-state index is 12.6. The molecule has 5 nitrogen and oxygen atoms in total. The van der Waals surface area contributed by atoms with Crippen LogP contribution >= 0.6 is 0 Å². The molecule has 1 amide bonds. The van der Waals surface area contributed by atoms with Crippen molar-refractivity contribution < 1.29 is 9.53 Å². The summed E-state index contributed by atoms with van der Waals surface area (Å²) >= 11 is 0. The van der Waals surface area contributed by atoms with Gasteiger partial charge in [-0.15, -0.1) is 0 Å². The van der Waals surface area contributed by atoms with E-state index in [4.69, 9.17) is 4.74 Å². The van der Waals surface area contributed by atoms with Gasteiger partial charge in [-0.3, -0.25) is 14.6 Å². The smallest absolute Gasteiger partial charge is 0.236 e. The molecule has 1 aromatic carbocycles. The molecule has 0 atom stereocenters. The monoisotopic (exact) mass is 359 g/mol. The van der Waals surface area contributed by atoms with E-state index >= 15 is 0 Å². The first kappa shape index (κ1) is 19.2. The van der Waals surface area contributed by atoms with Gasteiger partial charge in [0.05, 0.1) is 6.54 Å². The third kappa shape index (κ3) is 5.71. The summed E-state index contributed by atoms with van der Waals surface area (Å²) in [7, 11) is 2.00. The minimum Gasteiger partial charge on any atom is -0.492 e. The van der Waals surface area contributed by atoms with Gasteiger partial charge in [0.1, 0.15) is 12.4 Å². The fourth-order valence-electron chi connectivity index (χ4n) is 3.96. The molecule has 3 rings (SSSR count). The first-order valence-electron chi connectivity index (χ1n) is 10.1. The van der Waals surface area contributed by atoms with E-state index in [0.29, 0.717) is 19.2 Å². The number of nitrogens with zero attached hydrogens (tertiary/aromatic N) is 3. The van der Waals surface area contributed by atoms with E-state index in [0.717, 1.165) is 38.5 Å². The van der Waals surface area contributed by atoms with Gasteiger partial charge in [-0.25, -0.2) is 0 Å². The van der Waals surface area contributed by atoms with Crippen LogP contribution in [0.3, 0.4) is 0 Å². The zero-order valence-corrected chi connectivity index (χ0v) is 16.1. The summed E-state index contributed by atoms with van der Waals surface area (Å²) in [5.41, 5.74) is 0. The van der Waals surface area contributed by atoms with Crippen LogP contribution in [0.25, 0.3) is 0 Å². The molecule has 2 fully saturated rings. The van der Waals surface area contributed by atoms with Crippen molar-refractivity contribution in [2.24, 2.45) is 0 Å². The molecule has 0 aromatic heterocycles. The SMILES string of the molecule is CN(C(=O)CN1CCN(CCOc2ccccc2)CC1)C1CCCCC1. The molecule has 1 aromatic rings. The summed E-state index contributed by atoms with van der Waals surface area (Å²) in [6.45, 7) is 6.19. The lowest BCUT2D eigenvalue weighted by molar-refractivity contribution is -0.134. The minimum atomic E-state index is 0.290. The van der Waals surface area contributed by atoms with Crippen molar-refractivity contribution in [3.05, 3.63) is 30.3 Å². The molecule has 0 unspecified atom stereocenters. The Labute approximate surface area is 157 Å². The number of para-hydroxylation sites is 1. The van der Waals surface area contributed by atoms with Crippen LogP contribution in [0, 0.1) is 0 Å². The predicted octanol–water partition coefficient (Wildman–Crippen LogP) is 2.47. The Kier molecular flexibility index (Phi) is 7.32. The highest BCUT2D eigenvalue weighted by atomic mass is 16.5. The number of amides is 1. The topological polar surface area (TPSA) is 36.0 Å². The van der Waals surface area contributed by atoms with Crippen molar-refractivity contribution in [1.29, 1.82) is 0 Å². The second-order valence-corrected chi connectivity index (χ2v) is 7.58. The summed E-state index contributed by atoms with van der Waals surface area (Å²) in [5, 5.41) is 0. The van der Waals surface area contributed by atoms with Crippen molar-refractivity contribution in [2.75, 3.05) is 52.9 Å². The molecular formula is C21H33N3O2. The third-order valence-corrected chi connectivity index (χ3v) is 5.76. The van der Waals surface area contributed by atoms with Gasteiger partial charge in [-0.05, 0) is 25.0 Å². The fourth-order valence-corrected chi connectivity index (χ4v) is 3.96. The average molecular weight is 360 g/mol. The first-order chi connectivity index (χ1) is 12.7. The van der Waals surface area contributed by atoms with Gasteiger partial charge in [0.2, 0.25) is 5.91 Å². The molecule has 2 aliphatic rings. The highest BCUT2D eigenvalue weighted by Gasteiger charge is 2.25. The lowest BCUT2D eigenvalue weighted by atomic mass is 9.94. The van der Waals surface area contributed by atoms with Gasteiger partial charge < -0.3 is 9.64 Å². The van der Waals surface area contributed by atoms with E-state index in [1.165, 1.54) is 32.1 Å². The summed E-state index contributed by atoms with van der Waals surface area (Å²) in [4.78, 5) is 19.3. The van der Waals surface area contributed by atoms with Gasteiger partial charge in [0, 0.05) is 45.8 Å². The quantitative estimate of drug-likeness (QED) is 0.749. The van der Waals surface area contributed by atoms with Crippen molar-refractivity contribution in [1.82, 2.24) is 14.7 Å². The van der Waals surface area contributed by atoms with E-state index in [2.05, 4.69) is 9.80 Å². The molecule has 0 radical (unpaired) electrons. The molecule has 1 saturated carbocycles. The Morgan fingerprint density at radius 3 is 2.38 bits per heavy atom. The maximum Gasteiger partial charge on any atom is 0.236 e. The number of likely N-dealkylation sites (N-methyl/N-ethyl adjacent to an activating group) is 1. The van der Waals surface area contributed by atoms with Gasteiger partial charge in [-0.1, -0.05) is 37.5 Å². The summed E-state index contributed by atoms with van der Waals surface area (Å²) in [6.07, 6.45) is 6.22. The molecule has 26 heavy (non-hydrogen) atoms. The van der Waals surface area contributed by atoms with Gasteiger partial charge in [0.15, 0.2) is 0 Å². The van der Waals surface area contributed by atoms with Crippen LogP contribution in [0.1, 0.15) is 32.1 Å². The van der Waals surface area contributed by atoms with Crippen molar-refractivity contribution in [3.63, 3.8) is 0 Å². The fraction of sp³-hybridized carbons (Fsp3) is 0.667. The Balaban J connectivity index is 1.32. The van der Waals surface area contributed by atoms with E-state index < -0.39 is 0 Å². The average Bonchev–Trinajstić information content (AvgIpc) is 2.70. The Morgan fingerprint density at radius 2 is 1.69 bits per heavy atom. The second-order valence-electron chi connectivity index (χ2n) is 7.58. The van der Waals surface area contributed by atoms with Crippen molar-refractivity contribution in [3.8, 4) is 5.75 Å². The number of hydrogen-bond acceptors (Lipinski definition) is 4. The lowest BCUT2D eigenvalue weighted by Crippen LogP contribution is -2.51. The van der Waals surface area contributed by atoms with Crippen molar-refractivity contribution >= 4 is 5.91 Å². The number of benzene rings is 1. The molecule has 1 aliphatic carbocycles. The zero-order valence-electron chi connectivity index (χ0n) is 16.1. The van der Waals surface area contributed by atoms with E-state index in [-0.39, 0.29) is 5.91 Å². The lowest BCUT2D eigenvalue weighted by Gasteiger charge is -2.36. The van der Waals surface area contributed by atoms with Crippen LogP contribution in [-0.4, -0.2) is 79.6 Å². The highest BCUT2D eigenvalue weighted by Crippen LogP contribution is 2.21. The van der Waals surface area contributed by atoms with Crippen LogP contribution in [-0.2, 0) is 4.79 Å². The Morgan fingerprint density at radius 1 is 1.04 bits per heavy atom. The number of ether oxygens (including phenoxy) is 1. The Bertz CT molecular complexity index is 537. The third-order valence-electron chi connectivity index (χ3n) is 5.76. The number of piperazine rings is 1. The van der Waals surface area contributed by atoms with E-state index in [9.17, 15) is 4.79 Å². The highest BCUT2D eigenvalue weighted by molar-refractivity contribution is 5.78. The Hall–Kier alpha value is -1.59. The number of rotatable bonds is 7.